The number of amides is 2. The fraction of sp³-hybridized carbons (Fsp3) is 0.259. The summed E-state index contributed by atoms with van der Waals surface area (Å²) in [6.07, 6.45) is 2.54. The molecular weight excluding hydrogens is 451 g/mol. The highest BCUT2D eigenvalue weighted by molar-refractivity contribution is 8.18. The second-order valence-corrected chi connectivity index (χ2v) is 9.37. The van der Waals surface area contributed by atoms with Gasteiger partial charge in [0.2, 0.25) is 0 Å². The maximum absolute atomic E-state index is 13.1. The first-order chi connectivity index (χ1) is 16.3. The van der Waals surface area contributed by atoms with Gasteiger partial charge in [-0.05, 0) is 98.6 Å². The van der Waals surface area contributed by atoms with Gasteiger partial charge in [-0.3, -0.25) is 14.5 Å². The zero-order valence-electron chi connectivity index (χ0n) is 19.7. The second-order valence-electron chi connectivity index (χ2n) is 8.38. The van der Waals surface area contributed by atoms with Crippen LogP contribution in [0.4, 0.5) is 9.18 Å². The highest BCUT2D eigenvalue weighted by atomic mass is 32.2. The minimum absolute atomic E-state index is 0.116. The minimum Gasteiger partial charge on any atom is -0.489 e. The van der Waals surface area contributed by atoms with E-state index in [4.69, 9.17) is 4.74 Å². The maximum atomic E-state index is 13.1. The fourth-order valence-electron chi connectivity index (χ4n) is 3.95. The van der Waals surface area contributed by atoms with Crippen molar-refractivity contribution in [1.82, 2.24) is 9.47 Å². The van der Waals surface area contributed by atoms with E-state index in [1.54, 1.807) is 12.1 Å². The normalized spacial score (nSPS) is 15.9. The second kappa shape index (κ2) is 9.89. The quantitative estimate of drug-likeness (QED) is 0.357. The zero-order valence-corrected chi connectivity index (χ0v) is 20.5. The van der Waals surface area contributed by atoms with Gasteiger partial charge in [0.25, 0.3) is 11.1 Å². The number of halogens is 1. The lowest BCUT2D eigenvalue weighted by Crippen LogP contribution is -2.36. The van der Waals surface area contributed by atoms with Crippen molar-refractivity contribution >= 4 is 29.0 Å². The molecule has 2 aromatic carbocycles. The van der Waals surface area contributed by atoms with Crippen LogP contribution in [0, 0.1) is 19.7 Å². The molecule has 0 bridgehead atoms. The van der Waals surface area contributed by atoms with Crippen LogP contribution in [0.25, 0.3) is 11.8 Å². The summed E-state index contributed by atoms with van der Waals surface area (Å²) >= 11 is 0.998. The summed E-state index contributed by atoms with van der Waals surface area (Å²) in [6, 6.07) is 15.9. The Bertz CT molecular complexity index is 1250. The van der Waals surface area contributed by atoms with Gasteiger partial charge in [-0.15, -0.1) is 0 Å². The molecule has 0 aliphatic carbocycles. The number of carbonyl (C=O) groups is 2. The summed E-state index contributed by atoms with van der Waals surface area (Å²) in [5, 5.41) is -0.212. The smallest absolute Gasteiger partial charge is 0.293 e. The molecule has 34 heavy (non-hydrogen) atoms. The molecule has 0 radical (unpaired) electrons. The van der Waals surface area contributed by atoms with E-state index in [-0.39, 0.29) is 23.0 Å². The Hall–Kier alpha value is -3.32. The minimum atomic E-state index is -0.268. The number of hydrogen-bond acceptors (Lipinski definition) is 4. The fourth-order valence-corrected chi connectivity index (χ4v) is 4.87. The third-order valence-corrected chi connectivity index (χ3v) is 6.91. The van der Waals surface area contributed by atoms with Crippen molar-refractivity contribution in [3.05, 3.63) is 87.8 Å². The summed E-state index contributed by atoms with van der Waals surface area (Å²) < 4.78 is 21.0. The third-order valence-electron chi connectivity index (χ3n) is 6.03. The number of nitrogens with zero attached hydrogens (tertiary/aromatic N) is 2. The largest absolute Gasteiger partial charge is 0.489 e. The summed E-state index contributed by atoms with van der Waals surface area (Å²) in [6.45, 7) is 8.21. The number of aryl methyl sites for hydroxylation is 1. The molecule has 1 aliphatic heterocycles. The molecule has 1 saturated heterocycles. The van der Waals surface area contributed by atoms with Gasteiger partial charge in [-0.25, -0.2) is 4.39 Å². The number of carbonyl (C=O) groups excluding carboxylic acids is 2. The standard InChI is InChI=1S/C27H27FN2O3S/c1-5-17(2)30-26(31)25(34-27(30)32)15-21-14-18(3)29(19(21)4)23-10-12-24(13-11-23)33-16-20-6-8-22(28)9-7-20/h6-15,17H,5,16H2,1-4H3/b25-15+/t17-/m0/s1. The van der Waals surface area contributed by atoms with Crippen molar-refractivity contribution in [1.29, 1.82) is 0 Å². The number of imide groups is 1. The van der Waals surface area contributed by atoms with Crippen LogP contribution in [0.15, 0.2) is 59.5 Å². The Labute approximate surface area is 203 Å². The molecule has 0 N–H and O–H groups in total. The van der Waals surface area contributed by atoms with Gasteiger partial charge in [0.15, 0.2) is 0 Å². The lowest BCUT2D eigenvalue weighted by atomic mass is 10.2. The molecule has 0 spiro atoms. The lowest BCUT2D eigenvalue weighted by molar-refractivity contribution is -0.124. The molecule has 2 heterocycles. The van der Waals surface area contributed by atoms with Gasteiger partial charge >= 0.3 is 0 Å². The first-order valence-electron chi connectivity index (χ1n) is 11.2. The van der Waals surface area contributed by atoms with Crippen LogP contribution in [0.5, 0.6) is 5.75 Å². The SMILES string of the molecule is CC[C@H](C)N1C(=O)S/C(=C/c2cc(C)n(-c3ccc(OCc4ccc(F)cc4)cc3)c2C)C1=O. The van der Waals surface area contributed by atoms with E-state index < -0.39 is 0 Å². The Morgan fingerprint density at radius 3 is 2.38 bits per heavy atom. The highest BCUT2D eigenvalue weighted by Crippen LogP contribution is 2.35. The van der Waals surface area contributed by atoms with Crippen molar-refractivity contribution in [2.75, 3.05) is 0 Å². The van der Waals surface area contributed by atoms with Crippen molar-refractivity contribution in [3.8, 4) is 11.4 Å². The highest BCUT2D eigenvalue weighted by Gasteiger charge is 2.37. The van der Waals surface area contributed by atoms with Crippen LogP contribution in [0.3, 0.4) is 0 Å². The van der Waals surface area contributed by atoms with Gasteiger partial charge < -0.3 is 9.30 Å². The average Bonchev–Trinajstić information content (AvgIpc) is 3.27. The molecule has 0 unspecified atom stereocenters. The molecule has 176 valence electrons. The van der Waals surface area contributed by atoms with Gasteiger partial charge in [-0.1, -0.05) is 19.1 Å². The molecule has 1 atom stereocenters. The van der Waals surface area contributed by atoms with Crippen LogP contribution in [-0.2, 0) is 11.4 Å². The van der Waals surface area contributed by atoms with Crippen molar-refractivity contribution in [2.45, 2.75) is 46.8 Å². The molecule has 2 amide bonds. The monoisotopic (exact) mass is 478 g/mol. The van der Waals surface area contributed by atoms with Crippen LogP contribution in [0.1, 0.15) is 42.8 Å². The summed E-state index contributed by atoms with van der Waals surface area (Å²) in [4.78, 5) is 26.9. The van der Waals surface area contributed by atoms with E-state index in [1.165, 1.54) is 17.0 Å². The van der Waals surface area contributed by atoms with E-state index in [2.05, 4.69) is 4.57 Å². The summed E-state index contributed by atoms with van der Waals surface area (Å²) in [5.41, 5.74) is 4.77. The molecule has 1 aromatic heterocycles. The molecule has 4 rings (SSSR count). The Morgan fingerprint density at radius 1 is 1.06 bits per heavy atom. The van der Waals surface area contributed by atoms with E-state index in [1.807, 2.05) is 64.1 Å². The summed E-state index contributed by atoms with van der Waals surface area (Å²) in [5.74, 6) is 0.224. The van der Waals surface area contributed by atoms with Gasteiger partial charge in [0, 0.05) is 23.1 Å². The number of aromatic nitrogens is 1. The Kier molecular flexibility index (Phi) is 6.93. The lowest BCUT2D eigenvalue weighted by Gasteiger charge is -2.19. The van der Waals surface area contributed by atoms with E-state index >= 15 is 0 Å². The number of benzene rings is 2. The van der Waals surface area contributed by atoms with Crippen LogP contribution >= 0.6 is 11.8 Å². The molecule has 5 nitrogen and oxygen atoms in total. The first kappa shape index (κ1) is 23.8. The topological polar surface area (TPSA) is 51.5 Å². The predicted molar refractivity (Wildman–Crippen MR) is 134 cm³/mol. The predicted octanol–water partition coefficient (Wildman–Crippen LogP) is 6.65. The number of thioether (sulfide) groups is 1. The van der Waals surface area contributed by atoms with Crippen molar-refractivity contribution in [2.24, 2.45) is 0 Å². The van der Waals surface area contributed by atoms with E-state index in [9.17, 15) is 14.0 Å². The van der Waals surface area contributed by atoms with Gasteiger partial charge in [0.05, 0.1) is 4.91 Å². The van der Waals surface area contributed by atoms with Crippen LogP contribution in [0.2, 0.25) is 0 Å². The van der Waals surface area contributed by atoms with Gasteiger partial charge in [0.1, 0.15) is 18.2 Å². The average molecular weight is 479 g/mol. The first-order valence-corrected chi connectivity index (χ1v) is 12.0. The molecule has 7 heteroatoms. The Morgan fingerprint density at radius 2 is 1.74 bits per heavy atom. The van der Waals surface area contributed by atoms with Crippen LogP contribution in [-0.4, -0.2) is 26.7 Å². The van der Waals surface area contributed by atoms with Gasteiger partial charge in [-0.2, -0.15) is 0 Å². The number of ether oxygens (including phenoxy) is 1. The number of rotatable bonds is 7. The molecule has 1 fully saturated rings. The van der Waals surface area contributed by atoms with Crippen molar-refractivity contribution in [3.63, 3.8) is 0 Å². The van der Waals surface area contributed by atoms with E-state index in [0.717, 1.165) is 52.1 Å². The third kappa shape index (κ3) is 4.80. The summed E-state index contributed by atoms with van der Waals surface area (Å²) in [7, 11) is 0. The molecular formula is C27H27FN2O3S. The van der Waals surface area contributed by atoms with Crippen molar-refractivity contribution < 1.29 is 18.7 Å². The molecule has 0 saturated carbocycles. The Balaban J connectivity index is 1.52. The van der Waals surface area contributed by atoms with Crippen LogP contribution < -0.4 is 4.74 Å². The van der Waals surface area contributed by atoms with E-state index in [0.29, 0.717) is 11.5 Å². The zero-order chi connectivity index (χ0) is 24.4. The molecule has 1 aliphatic rings. The molecule has 3 aromatic rings. The number of hydrogen-bond donors (Lipinski definition) is 0. The maximum Gasteiger partial charge on any atom is 0.293 e.